The molecule has 0 aromatic heterocycles. The van der Waals surface area contributed by atoms with E-state index < -0.39 is 11.0 Å². The molecule has 2 atom stereocenters. The van der Waals surface area contributed by atoms with Crippen LogP contribution >= 0.6 is 0 Å². The van der Waals surface area contributed by atoms with Crippen LogP contribution in [0.3, 0.4) is 0 Å². The average Bonchev–Trinajstić information content (AvgIpc) is 2.40. The van der Waals surface area contributed by atoms with E-state index in [0.29, 0.717) is 12.0 Å². The number of aliphatic hydroxyl groups is 1. The SMILES string of the molecule is Cc1cc(C(=O)NC2CCCCC2O)cc([N+](=O)[O-])c1. The molecule has 1 aromatic rings. The van der Waals surface area contributed by atoms with Crippen molar-refractivity contribution >= 4 is 11.6 Å². The van der Waals surface area contributed by atoms with Gasteiger partial charge in [0, 0.05) is 17.7 Å². The Balaban J connectivity index is 2.14. The Morgan fingerprint density at radius 1 is 1.35 bits per heavy atom. The molecule has 0 heterocycles. The van der Waals surface area contributed by atoms with Crippen LogP contribution in [0.2, 0.25) is 0 Å². The Hall–Kier alpha value is -1.95. The van der Waals surface area contributed by atoms with Gasteiger partial charge in [-0.3, -0.25) is 14.9 Å². The van der Waals surface area contributed by atoms with Gasteiger partial charge in [0.25, 0.3) is 11.6 Å². The highest BCUT2D eigenvalue weighted by Crippen LogP contribution is 2.20. The fourth-order valence-electron chi connectivity index (χ4n) is 2.53. The van der Waals surface area contributed by atoms with Gasteiger partial charge in [-0.25, -0.2) is 0 Å². The third-order valence-electron chi connectivity index (χ3n) is 3.58. The molecular formula is C14H18N2O4. The van der Waals surface area contributed by atoms with Crippen LogP contribution in [0.1, 0.15) is 41.6 Å². The molecule has 6 nitrogen and oxygen atoms in total. The molecule has 1 aliphatic carbocycles. The molecule has 1 saturated carbocycles. The van der Waals surface area contributed by atoms with Crippen molar-refractivity contribution in [3.05, 3.63) is 39.4 Å². The standard InChI is InChI=1S/C14H18N2O4/c1-9-6-10(8-11(7-9)16(19)20)14(18)15-12-4-2-3-5-13(12)17/h6-8,12-13,17H,2-5H2,1H3,(H,15,18). The molecule has 0 aliphatic heterocycles. The summed E-state index contributed by atoms with van der Waals surface area (Å²) in [7, 11) is 0. The van der Waals surface area contributed by atoms with E-state index in [-0.39, 0.29) is 23.2 Å². The summed E-state index contributed by atoms with van der Waals surface area (Å²) in [6.45, 7) is 1.71. The highest BCUT2D eigenvalue weighted by molar-refractivity contribution is 5.95. The van der Waals surface area contributed by atoms with Crippen molar-refractivity contribution in [2.45, 2.75) is 44.8 Å². The molecule has 20 heavy (non-hydrogen) atoms. The lowest BCUT2D eigenvalue weighted by Crippen LogP contribution is -2.45. The first-order chi connectivity index (χ1) is 9.47. The van der Waals surface area contributed by atoms with Crippen molar-refractivity contribution in [2.24, 2.45) is 0 Å². The third-order valence-corrected chi connectivity index (χ3v) is 3.58. The molecule has 6 heteroatoms. The molecule has 108 valence electrons. The molecular weight excluding hydrogens is 260 g/mol. The topological polar surface area (TPSA) is 92.5 Å². The molecule has 0 bridgehead atoms. The molecule has 1 aliphatic rings. The van der Waals surface area contributed by atoms with E-state index >= 15 is 0 Å². The Labute approximate surface area is 117 Å². The van der Waals surface area contributed by atoms with Crippen LogP contribution in [0.15, 0.2) is 18.2 Å². The molecule has 1 fully saturated rings. The molecule has 1 aromatic carbocycles. The molecule has 1 amide bonds. The molecule has 0 spiro atoms. The lowest BCUT2D eigenvalue weighted by Gasteiger charge is -2.28. The van der Waals surface area contributed by atoms with Crippen molar-refractivity contribution in [3.63, 3.8) is 0 Å². The predicted octanol–water partition coefficient (Wildman–Crippen LogP) is 1.94. The van der Waals surface area contributed by atoms with Crippen LogP contribution in [0.25, 0.3) is 0 Å². The maximum atomic E-state index is 12.1. The monoisotopic (exact) mass is 278 g/mol. The van der Waals surface area contributed by atoms with Gasteiger partial charge in [0.2, 0.25) is 0 Å². The number of rotatable bonds is 3. The number of nitro groups is 1. The summed E-state index contributed by atoms with van der Waals surface area (Å²) in [6, 6.07) is 4.03. The Bertz CT molecular complexity index is 530. The van der Waals surface area contributed by atoms with E-state index in [9.17, 15) is 20.0 Å². The lowest BCUT2D eigenvalue weighted by molar-refractivity contribution is -0.384. The number of amides is 1. The van der Waals surface area contributed by atoms with Crippen molar-refractivity contribution in [2.75, 3.05) is 0 Å². The van der Waals surface area contributed by atoms with Gasteiger partial charge in [-0.15, -0.1) is 0 Å². The minimum absolute atomic E-state index is 0.0978. The van der Waals surface area contributed by atoms with Gasteiger partial charge in [-0.1, -0.05) is 12.8 Å². The number of nitro benzene ring substituents is 1. The summed E-state index contributed by atoms with van der Waals surface area (Å²) in [5, 5.41) is 23.4. The van der Waals surface area contributed by atoms with E-state index in [1.54, 1.807) is 13.0 Å². The van der Waals surface area contributed by atoms with Crippen molar-refractivity contribution in [1.29, 1.82) is 0 Å². The quantitative estimate of drug-likeness (QED) is 0.652. The van der Waals surface area contributed by atoms with E-state index in [2.05, 4.69) is 5.32 Å². The Morgan fingerprint density at radius 2 is 2.05 bits per heavy atom. The molecule has 2 unspecified atom stereocenters. The predicted molar refractivity (Wildman–Crippen MR) is 73.6 cm³/mol. The second kappa shape index (κ2) is 6.00. The number of carbonyl (C=O) groups is 1. The van der Waals surface area contributed by atoms with Gasteiger partial charge < -0.3 is 10.4 Å². The number of hydrogen-bond donors (Lipinski definition) is 2. The Morgan fingerprint density at radius 3 is 2.70 bits per heavy atom. The summed E-state index contributed by atoms with van der Waals surface area (Å²) >= 11 is 0. The number of nitrogens with one attached hydrogen (secondary N) is 1. The van der Waals surface area contributed by atoms with E-state index in [1.165, 1.54) is 12.1 Å². The maximum absolute atomic E-state index is 12.1. The zero-order valence-electron chi connectivity index (χ0n) is 11.3. The van der Waals surface area contributed by atoms with Crippen LogP contribution in [0.4, 0.5) is 5.69 Å². The zero-order chi connectivity index (χ0) is 14.7. The lowest BCUT2D eigenvalue weighted by atomic mass is 9.92. The number of carbonyl (C=O) groups excluding carboxylic acids is 1. The number of aryl methyl sites for hydroxylation is 1. The zero-order valence-corrected chi connectivity index (χ0v) is 11.3. The first-order valence-electron chi connectivity index (χ1n) is 6.72. The van der Waals surface area contributed by atoms with Crippen molar-refractivity contribution < 1.29 is 14.8 Å². The summed E-state index contributed by atoms with van der Waals surface area (Å²) in [6.07, 6.45) is 2.81. The number of non-ortho nitro benzene ring substituents is 1. The minimum atomic E-state index is -0.535. The molecule has 0 radical (unpaired) electrons. The van der Waals surface area contributed by atoms with Crippen LogP contribution < -0.4 is 5.32 Å². The van der Waals surface area contributed by atoms with Gasteiger partial charge in [0.1, 0.15) is 0 Å². The highest BCUT2D eigenvalue weighted by atomic mass is 16.6. The summed E-state index contributed by atoms with van der Waals surface area (Å²) in [5.41, 5.74) is 0.822. The van der Waals surface area contributed by atoms with Crippen LogP contribution in [-0.4, -0.2) is 28.1 Å². The summed E-state index contributed by atoms with van der Waals surface area (Å²) in [5.74, 6) is -0.372. The third kappa shape index (κ3) is 3.33. The fraction of sp³-hybridized carbons (Fsp3) is 0.500. The minimum Gasteiger partial charge on any atom is -0.391 e. The first kappa shape index (κ1) is 14.5. The smallest absolute Gasteiger partial charge is 0.270 e. The largest absolute Gasteiger partial charge is 0.391 e. The van der Waals surface area contributed by atoms with Gasteiger partial charge >= 0.3 is 0 Å². The second-order valence-electron chi connectivity index (χ2n) is 5.25. The van der Waals surface area contributed by atoms with E-state index in [4.69, 9.17) is 0 Å². The number of benzene rings is 1. The average molecular weight is 278 g/mol. The fourth-order valence-corrected chi connectivity index (χ4v) is 2.53. The summed E-state index contributed by atoms with van der Waals surface area (Å²) < 4.78 is 0. The van der Waals surface area contributed by atoms with Crippen LogP contribution in [0, 0.1) is 17.0 Å². The molecule has 2 N–H and O–H groups in total. The van der Waals surface area contributed by atoms with Gasteiger partial charge in [-0.2, -0.15) is 0 Å². The van der Waals surface area contributed by atoms with E-state index in [0.717, 1.165) is 19.3 Å². The second-order valence-corrected chi connectivity index (χ2v) is 5.25. The van der Waals surface area contributed by atoms with Crippen molar-refractivity contribution in [3.8, 4) is 0 Å². The number of hydrogen-bond acceptors (Lipinski definition) is 4. The maximum Gasteiger partial charge on any atom is 0.270 e. The normalized spacial score (nSPS) is 22.3. The van der Waals surface area contributed by atoms with E-state index in [1.807, 2.05) is 0 Å². The van der Waals surface area contributed by atoms with Gasteiger partial charge in [0.15, 0.2) is 0 Å². The first-order valence-corrected chi connectivity index (χ1v) is 6.72. The van der Waals surface area contributed by atoms with Gasteiger partial charge in [0.05, 0.1) is 17.1 Å². The number of nitrogens with zero attached hydrogens (tertiary/aromatic N) is 1. The molecule has 0 saturated heterocycles. The van der Waals surface area contributed by atoms with Gasteiger partial charge in [-0.05, 0) is 31.4 Å². The number of aliphatic hydroxyl groups excluding tert-OH is 1. The van der Waals surface area contributed by atoms with Crippen LogP contribution in [0.5, 0.6) is 0 Å². The highest BCUT2D eigenvalue weighted by Gasteiger charge is 2.25. The summed E-state index contributed by atoms with van der Waals surface area (Å²) in [4.78, 5) is 22.4. The molecule has 2 rings (SSSR count). The van der Waals surface area contributed by atoms with Crippen LogP contribution in [-0.2, 0) is 0 Å². The Kier molecular flexibility index (Phi) is 4.34. The van der Waals surface area contributed by atoms with Crippen molar-refractivity contribution in [1.82, 2.24) is 5.32 Å².